The average molecular weight is 241 g/mol. The average Bonchev–Trinajstić information content (AvgIpc) is 2.83. The molecule has 3 heteroatoms. The molecular weight excluding hydrogens is 218 g/mol. The second-order valence-electron chi connectivity index (χ2n) is 6.03. The van der Waals surface area contributed by atoms with Crippen LogP contribution in [0.25, 0.3) is 0 Å². The van der Waals surface area contributed by atoms with Crippen molar-refractivity contribution < 1.29 is 4.21 Å². The van der Waals surface area contributed by atoms with Gasteiger partial charge in [0.15, 0.2) is 0 Å². The molecule has 0 aromatic rings. The molecule has 0 N–H and O–H groups in total. The minimum Gasteiger partial charge on any atom is -0.242 e. The molecule has 16 heavy (non-hydrogen) atoms. The van der Waals surface area contributed by atoms with Crippen LogP contribution in [0.4, 0.5) is 0 Å². The van der Waals surface area contributed by atoms with Crippen molar-refractivity contribution in [3.8, 4) is 0 Å². The van der Waals surface area contributed by atoms with E-state index in [1.807, 2.05) is 6.08 Å². The first-order valence-corrected chi connectivity index (χ1v) is 7.38. The van der Waals surface area contributed by atoms with E-state index in [9.17, 15) is 4.21 Å². The van der Waals surface area contributed by atoms with Crippen molar-refractivity contribution in [3.05, 3.63) is 12.7 Å². The van der Waals surface area contributed by atoms with Crippen molar-refractivity contribution in [3.63, 3.8) is 0 Å². The van der Waals surface area contributed by atoms with E-state index in [-0.39, 0.29) is 10.3 Å². The smallest absolute Gasteiger partial charge is 0.101 e. The van der Waals surface area contributed by atoms with Gasteiger partial charge in [0.1, 0.15) is 11.0 Å². The highest BCUT2D eigenvalue weighted by Crippen LogP contribution is 2.54. The van der Waals surface area contributed by atoms with E-state index in [1.165, 1.54) is 32.1 Å². The Balaban J connectivity index is 2.17. The Morgan fingerprint density at radius 2 is 1.88 bits per heavy atom. The molecule has 3 atom stereocenters. The zero-order chi connectivity index (χ0) is 12.0. The molecule has 2 rings (SSSR count). The number of nitrogens with zero attached hydrogens (tertiary/aromatic N) is 1. The van der Waals surface area contributed by atoms with Crippen LogP contribution in [0.2, 0.25) is 0 Å². The molecule has 1 unspecified atom stereocenters. The lowest BCUT2D eigenvalue weighted by molar-refractivity contribution is 0.368. The van der Waals surface area contributed by atoms with Gasteiger partial charge in [-0.15, -0.1) is 6.58 Å². The van der Waals surface area contributed by atoms with E-state index in [4.69, 9.17) is 0 Å². The molecule has 0 radical (unpaired) electrons. The first kappa shape index (κ1) is 12.3. The first-order chi connectivity index (χ1) is 7.43. The zero-order valence-corrected chi connectivity index (χ0v) is 11.5. The van der Waals surface area contributed by atoms with Gasteiger partial charge in [-0.3, -0.25) is 0 Å². The molecule has 2 nitrogen and oxygen atoms in total. The van der Waals surface area contributed by atoms with E-state index in [0.717, 1.165) is 0 Å². The quantitative estimate of drug-likeness (QED) is 0.537. The Hall–Kier alpha value is -0.150. The van der Waals surface area contributed by atoms with Gasteiger partial charge in [0.2, 0.25) is 0 Å². The Morgan fingerprint density at radius 3 is 2.31 bits per heavy atom. The molecular formula is C13H23NOS. The minimum absolute atomic E-state index is 0.151. The van der Waals surface area contributed by atoms with Gasteiger partial charge in [-0.1, -0.05) is 25.3 Å². The van der Waals surface area contributed by atoms with Gasteiger partial charge in [-0.2, -0.15) is 0 Å². The summed E-state index contributed by atoms with van der Waals surface area (Å²) in [5, 5.41) is 0. The second-order valence-corrected chi connectivity index (χ2v) is 8.15. The van der Waals surface area contributed by atoms with Crippen LogP contribution in [-0.4, -0.2) is 24.8 Å². The fourth-order valence-corrected chi connectivity index (χ4v) is 4.58. The summed E-state index contributed by atoms with van der Waals surface area (Å²) in [5.41, 5.74) is 0.206. The summed E-state index contributed by atoms with van der Waals surface area (Å²) in [6.45, 7) is 10.1. The van der Waals surface area contributed by atoms with Crippen LogP contribution in [0.15, 0.2) is 12.7 Å². The van der Waals surface area contributed by atoms with Crippen molar-refractivity contribution in [1.29, 1.82) is 0 Å². The summed E-state index contributed by atoms with van der Waals surface area (Å²) in [4.78, 5) is 0. The molecule has 1 heterocycles. The zero-order valence-electron chi connectivity index (χ0n) is 10.7. The first-order valence-electron chi connectivity index (χ1n) is 6.27. The third-order valence-corrected chi connectivity index (χ3v) is 5.82. The lowest BCUT2D eigenvalue weighted by Crippen LogP contribution is -2.32. The molecule has 1 aliphatic heterocycles. The van der Waals surface area contributed by atoms with Crippen molar-refractivity contribution >= 4 is 11.0 Å². The highest BCUT2D eigenvalue weighted by molar-refractivity contribution is 7.84. The van der Waals surface area contributed by atoms with E-state index in [2.05, 4.69) is 31.7 Å². The van der Waals surface area contributed by atoms with Gasteiger partial charge in [0.05, 0.1) is 16.3 Å². The van der Waals surface area contributed by atoms with Gasteiger partial charge in [0.25, 0.3) is 0 Å². The largest absolute Gasteiger partial charge is 0.242 e. The summed E-state index contributed by atoms with van der Waals surface area (Å²) in [6.07, 6.45) is 8.29. The van der Waals surface area contributed by atoms with Crippen molar-refractivity contribution in [2.75, 3.05) is 0 Å². The SMILES string of the molecule is C=C[C@H]1N([S@](=O)C(C)(C)C)C12CCCCC2. The maximum Gasteiger partial charge on any atom is 0.101 e. The maximum absolute atomic E-state index is 12.5. The predicted octanol–water partition coefficient (Wildman–Crippen LogP) is 3.02. The summed E-state index contributed by atoms with van der Waals surface area (Å²) in [5.74, 6) is 0. The minimum atomic E-state index is -0.883. The molecule has 0 amide bonds. The van der Waals surface area contributed by atoms with Gasteiger partial charge >= 0.3 is 0 Å². The number of hydrogen-bond donors (Lipinski definition) is 0. The molecule has 1 aliphatic carbocycles. The van der Waals surface area contributed by atoms with Gasteiger partial charge in [-0.25, -0.2) is 8.51 Å². The standard InChI is InChI=1S/C13H23NOS/c1-5-11-13(9-7-6-8-10-13)14(11)16(15)12(2,3)4/h5,11H,1,6-10H2,2-4H3/t11-,14?,16-/m1/s1. The summed E-state index contributed by atoms with van der Waals surface area (Å²) >= 11 is 0. The third-order valence-electron chi connectivity index (χ3n) is 3.82. The Morgan fingerprint density at radius 1 is 1.31 bits per heavy atom. The fourth-order valence-electron chi connectivity index (χ4n) is 2.93. The monoisotopic (exact) mass is 241 g/mol. The van der Waals surface area contributed by atoms with Crippen LogP contribution in [0.3, 0.4) is 0 Å². The second kappa shape index (κ2) is 3.95. The molecule has 1 saturated carbocycles. The van der Waals surface area contributed by atoms with Crippen molar-refractivity contribution in [2.45, 2.75) is 69.2 Å². The maximum atomic E-state index is 12.5. The van der Waals surface area contributed by atoms with Crippen LogP contribution in [-0.2, 0) is 11.0 Å². The number of hydrogen-bond acceptors (Lipinski definition) is 1. The number of rotatable bonds is 2. The summed E-state index contributed by atoms with van der Waals surface area (Å²) < 4.78 is 14.5. The predicted molar refractivity (Wildman–Crippen MR) is 69.5 cm³/mol. The summed E-state index contributed by atoms with van der Waals surface area (Å²) in [7, 11) is -0.883. The normalized spacial score (nSPS) is 34.7. The molecule has 0 bridgehead atoms. The molecule has 2 aliphatic rings. The van der Waals surface area contributed by atoms with Crippen LogP contribution in [0.1, 0.15) is 52.9 Å². The van der Waals surface area contributed by atoms with E-state index < -0.39 is 11.0 Å². The highest BCUT2D eigenvalue weighted by atomic mass is 32.2. The van der Waals surface area contributed by atoms with E-state index >= 15 is 0 Å². The van der Waals surface area contributed by atoms with Gasteiger partial charge in [-0.05, 0) is 33.6 Å². The molecule has 92 valence electrons. The Bertz CT molecular complexity index is 312. The lowest BCUT2D eigenvalue weighted by atomic mass is 9.86. The molecule has 1 saturated heterocycles. The van der Waals surface area contributed by atoms with Gasteiger partial charge in [0, 0.05) is 0 Å². The summed E-state index contributed by atoms with van der Waals surface area (Å²) in [6, 6.07) is 0.354. The van der Waals surface area contributed by atoms with Crippen LogP contribution < -0.4 is 0 Å². The fraction of sp³-hybridized carbons (Fsp3) is 0.846. The lowest BCUT2D eigenvalue weighted by Gasteiger charge is -2.25. The molecule has 0 aromatic heterocycles. The molecule has 1 spiro atoms. The Kier molecular flexibility index (Phi) is 3.04. The van der Waals surface area contributed by atoms with Crippen molar-refractivity contribution in [2.24, 2.45) is 0 Å². The highest BCUT2D eigenvalue weighted by Gasteiger charge is 2.64. The van der Waals surface area contributed by atoms with Gasteiger partial charge < -0.3 is 0 Å². The topological polar surface area (TPSA) is 20.1 Å². The van der Waals surface area contributed by atoms with Crippen LogP contribution in [0, 0.1) is 0 Å². The van der Waals surface area contributed by atoms with Crippen molar-refractivity contribution in [1.82, 2.24) is 4.31 Å². The van der Waals surface area contributed by atoms with Crippen LogP contribution in [0.5, 0.6) is 0 Å². The van der Waals surface area contributed by atoms with Crippen LogP contribution >= 0.6 is 0 Å². The van der Waals surface area contributed by atoms with E-state index in [0.29, 0.717) is 6.04 Å². The van der Waals surface area contributed by atoms with E-state index in [1.54, 1.807) is 0 Å². The molecule has 0 aromatic carbocycles. The molecule has 2 fully saturated rings. The Labute approximate surface area is 102 Å². The third kappa shape index (κ3) is 1.78.